The van der Waals surface area contributed by atoms with Gasteiger partial charge in [-0.3, -0.25) is 4.79 Å². The third-order valence-electron chi connectivity index (χ3n) is 3.64. The molecule has 0 saturated carbocycles. The van der Waals surface area contributed by atoms with Gasteiger partial charge in [0.1, 0.15) is 0 Å². The van der Waals surface area contributed by atoms with Gasteiger partial charge in [-0.1, -0.05) is 30.3 Å². The van der Waals surface area contributed by atoms with Gasteiger partial charge < -0.3 is 9.64 Å². The Morgan fingerprint density at radius 1 is 1.37 bits per heavy atom. The van der Waals surface area contributed by atoms with Crippen LogP contribution in [0.2, 0.25) is 0 Å². The quantitative estimate of drug-likeness (QED) is 0.856. The fraction of sp³-hybridized carbons (Fsp3) is 0.533. The first kappa shape index (κ1) is 14.4. The third kappa shape index (κ3) is 3.98. The zero-order valence-electron chi connectivity index (χ0n) is 11.3. The van der Waals surface area contributed by atoms with Crippen molar-refractivity contribution in [1.29, 1.82) is 0 Å². The molecule has 1 heterocycles. The smallest absolute Gasteiger partial charge is 0.235 e. The summed E-state index contributed by atoms with van der Waals surface area (Å²) in [7, 11) is 1.88. The Hall–Kier alpha value is -1.00. The van der Waals surface area contributed by atoms with E-state index in [0.717, 1.165) is 31.6 Å². The number of amides is 1. The first-order valence-corrected chi connectivity index (χ1v) is 7.26. The molecule has 3 nitrogen and oxygen atoms in total. The SMILES string of the molecule is CN(C(=O)C(S)Cc1ccccc1)C1CCOCC1. The number of benzene rings is 1. The summed E-state index contributed by atoms with van der Waals surface area (Å²) in [5, 5.41) is -0.268. The zero-order valence-corrected chi connectivity index (χ0v) is 12.2. The van der Waals surface area contributed by atoms with Gasteiger partial charge in [0, 0.05) is 26.3 Å². The number of ether oxygens (including phenoxy) is 1. The van der Waals surface area contributed by atoms with Crippen molar-refractivity contribution in [3.63, 3.8) is 0 Å². The second-order valence-electron chi connectivity index (χ2n) is 5.00. The molecule has 0 N–H and O–H groups in total. The fourth-order valence-corrected chi connectivity index (χ4v) is 2.81. The van der Waals surface area contributed by atoms with E-state index in [2.05, 4.69) is 12.6 Å². The second-order valence-corrected chi connectivity index (χ2v) is 5.62. The van der Waals surface area contributed by atoms with Crippen molar-refractivity contribution in [2.45, 2.75) is 30.6 Å². The lowest BCUT2D eigenvalue weighted by Gasteiger charge is -2.32. The predicted molar refractivity (Wildman–Crippen MR) is 79.5 cm³/mol. The molecular formula is C15H21NO2S. The number of nitrogens with zero attached hydrogens (tertiary/aromatic N) is 1. The van der Waals surface area contributed by atoms with Gasteiger partial charge in [0.15, 0.2) is 0 Å². The maximum atomic E-state index is 12.4. The van der Waals surface area contributed by atoms with Crippen LogP contribution in [0.4, 0.5) is 0 Å². The van der Waals surface area contributed by atoms with Gasteiger partial charge in [-0.25, -0.2) is 0 Å². The zero-order chi connectivity index (χ0) is 13.7. The Morgan fingerprint density at radius 2 is 2.00 bits per heavy atom. The monoisotopic (exact) mass is 279 g/mol. The predicted octanol–water partition coefficient (Wildman–Crippen LogP) is 2.16. The molecule has 104 valence electrons. The first-order chi connectivity index (χ1) is 9.18. The minimum Gasteiger partial charge on any atom is -0.381 e. The number of hydrogen-bond acceptors (Lipinski definition) is 3. The fourth-order valence-electron chi connectivity index (χ4n) is 2.41. The largest absolute Gasteiger partial charge is 0.381 e. The molecule has 0 aromatic heterocycles. The normalized spacial score (nSPS) is 18.0. The van der Waals surface area contributed by atoms with Crippen LogP contribution in [0.25, 0.3) is 0 Å². The van der Waals surface area contributed by atoms with Crippen LogP contribution < -0.4 is 0 Å². The minimum absolute atomic E-state index is 0.110. The molecule has 1 aromatic rings. The lowest BCUT2D eigenvalue weighted by atomic mass is 10.1. The lowest BCUT2D eigenvalue weighted by Crippen LogP contribution is -2.44. The Morgan fingerprint density at radius 3 is 2.63 bits per heavy atom. The van der Waals surface area contributed by atoms with Crippen LogP contribution in [0.5, 0.6) is 0 Å². The molecule has 1 fully saturated rings. The van der Waals surface area contributed by atoms with E-state index in [1.165, 1.54) is 0 Å². The van der Waals surface area contributed by atoms with Crippen molar-refractivity contribution in [3.05, 3.63) is 35.9 Å². The molecule has 0 aliphatic carbocycles. The molecule has 1 saturated heterocycles. The van der Waals surface area contributed by atoms with Gasteiger partial charge in [0.05, 0.1) is 5.25 Å². The number of thiol groups is 1. The van der Waals surface area contributed by atoms with Crippen LogP contribution in [0.3, 0.4) is 0 Å². The van der Waals surface area contributed by atoms with Crippen LogP contribution >= 0.6 is 12.6 Å². The highest BCUT2D eigenvalue weighted by atomic mass is 32.1. The van der Waals surface area contributed by atoms with Gasteiger partial charge in [0.2, 0.25) is 5.91 Å². The van der Waals surface area contributed by atoms with Crippen molar-refractivity contribution in [2.24, 2.45) is 0 Å². The van der Waals surface area contributed by atoms with Gasteiger partial charge >= 0.3 is 0 Å². The van der Waals surface area contributed by atoms with E-state index in [0.29, 0.717) is 12.5 Å². The van der Waals surface area contributed by atoms with Crippen molar-refractivity contribution < 1.29 is 9.53 Å². The summed E-state index contributed by atoms with van der Waals surface area (Å²) in [6.45, 7) is 1.50. The van der Waals surface area contributed by atoms with E-state index >= 15 is 0 Å². The summed E-state index contributed by atoms with van der Waals surface area (Å²) < 4.78 is 5.33. The summed E-state index contributed by atoms with van der Waals surface area (Å²) in [5.74, 6) is 0.110. The Bertz CT molecular complexity index is 404. The summed E-state index contributed by atoms with van der Waals surface area (Å²) in [5.41, 5.74) is 1.15. The topological polar surface area (TPSA) is 29.5 Å². The molecule has 1 aliphatic heterocycles. The molecule has 1 aliphatic rings. The van der Waals surface area contributed by atoms with Crippen LogP contribution in [0.1, 0.15) is 18.4 Å². The number of rotatable bonds is 4. The van der Waals surface area contributed by atoms with E-state index < -0.39 is 0 Å². The Balaban J connectivity index is 1.90. The second kappa shape index (κ2) is 6.96. The number of carbonyl (C=O) groups is 1. The molecule has 1 atom stereocenters. The molecular weight excluding hydrogens is 258 g/mol. The molecule has 1 unspecified atom stereocenters. The van der Waals surface area contributed by atoms with Gasteiger partial charge in [-0.05, 0) is 24.8 Å². The molecule has 0 radical (unpaired) electrons. The third-order valence-corrected chi connectivity index (χ3v) is 4.05. The standard InChI is InChI=1S/C15H21NO2S/c1-16(13-7-9-18-10-8-13)15(17)14(19)11-12-5-3-2-4-6-12/h2-6,13-14,19H,7-11H2,1H3. The molecule has 0 spiro atoms. The average molecular weight is 279 g/mol. The van der Waals surface area contributed by atoms with E-state index in [1.54, 1.807) is 0 Å². The maximum absolute atomic E-state index is 12.4. The number of carbonyl (C=O) groups excluding carboxylic acids is 1. The highest BCUT2D eigenvalue weighted by molar-refractivity contribution is 7.81. The summed E-state index contributed by atoms with van der Waals surface area (Å²) in [6, 6.07) is 10.3. The van der Waals surface area contributed by atoms with Crippen molar-refractivity contribution >= 4 is 18.5 Å². The van der Waals surface area contributed by atoms with Gasteiger partial charge in [0.25, 0.3) is 0 Å². The van der Waals surface area contributed by atoms with Gasteiger partial charge in [-0.2, -0.15) is 12.6 Å². The van der Waals surface area contributed by atoms with Crippen LogP contribution in [0, 0.1) is 0 Å². The highest BCUT2D eigenvalue weighted by Gasteiger charge is 2.26. The first-order valence-electron chi connectivity index (χ1n) is 6.75. The van der Waals surface area contributed by atoms with E-state index in [4.69, 9.17) is 4.74 Å². The molecule has 4 heteroatoms. The molecule has 0 bridgehead atoms. The van der Waals surface area contributed by atoms with E-state index in [1.807, 2.05) is 42.3 Å². The Labute approximate surface area is 120 Å². The Kier molecular flexibility index (Phi) is 5.28. The van der Waals surface area contributed by atoms with E-state index in [9.17, 15) is 4.79 Å². The van der Waals surface area contributed by atoms with Crippen molar-refractivity contribution in [2.75, 3.05) is 20.3 Å². The van der Waals surface area contributed by atoms with Crippen LogP contribution in [-0.4, -0.2) is 42.4 Å². The summed E-state index contributed by atoms with van der Waals surface area (Å²) in [6.07, 6.45) is 2.53. The molecule has 2 rings (SSSR count). The minimum atomic E-state index is -0.268. The van der Waals surface area contributed by atoms with Gasteiger partial charge in [-0.15, -0.1) is 0 Å². The van der Waals surface area contributed by atoms with Crippen LogP contribution in [-0.2, 0) is 16.0 Å². The lowest BCUT2D eigenvalue weighted by molar-refractivity contribution is -0.133. The molecule has 1 aromatic carbocycles. The maximum Gasteiger partial charge on any atom is 0.235 e. The summed E-state index contributed by atoms with van der Waals surface area (Å²) >= 11 is 4.47. The molecule has 1 amide bonds. The summed E-state index contributed by atoms with van der Waals surface area (Å²) in [4.78, 5) is 14.2. The van der Waals surface area contributed by atoms with Crippen molar-refractivity contribution in [1.82, 2.24) is 4.90 Å². The average Bonchev–Trinajstić information content (AvgIpc) is 2.47. The molecule has 19 heavy (non-hydrogen) atoms. The number of hydrogen-bond donors (Lipinski definition) is 1. The van der Waals surface area contributed by atoms with Crippen molar-refractivity contribution in [3.8, 4) is 0 Å². The van der Waals surface area contributed by atoms with Crippen LogP contribution in [0.15, 0.2) is 30.3 Å². The van der Waals surface area contributed by atoms with E-state index in [-0.39, 0.29) is 11.2 Å². The highest BCUT2D eigenvalue weighted by Crippen LogP contribution is 2.17.